The van der Waals surface area contributed by atoms with E-state index in [4.69, 9.17) is 8.83 Å². The highest BCUT2D eigenvalue weighted by atomic mass is 32.1. The zero-order valence-electron chi connectivity index (χ0n) is 31.2. The number of benzene rings is 9. The van der Waals surface area contributed by atoms with Crippen molar-refractivity contribution in [3.05, 3.63) is 200 Å². The average Bonchev–Trinajstić information content (AvgIpc) is 3.99. The van der Waals surface area contributed by atoms with Gasteiger partial charge >= 0.3 is 0 Å². The minimum atomic E-state index is 0.867. The van der Waals surface area contributed by atoms with E-state index < -0.39 is 0 Å². The number of fused-ring (bicyclic) bond motifs is 9. The molecule has 0 saturated carbocycles. The van der Waals surface area contributed by atoms with Crippen molar-refractivity contribution in [1.82, 2.24) is 0 Å². The van der Waals surface area contributed by atoms with Crippen LogP contribution in [0.25, 0.3) is 97.4 Å². The summed E-state index contributed by atoms with van der Waals surface area (Å²) in [7, 11) is 0. The Kier molecular flexibility index (Phi) is 7.40. The molecule has 12 rings (SSSR count). The van der Waals surface area contributed by atoms with Crippen molar-refractivity contribution in [3.63, 3.8) is 0 Å². The van der Waals surface area contributed by atoms with Crippen LogP contribution in [0.1, 0.15) is 0 Å². The maximum atomic E-state index is 6.50. The Morgan fingerprint density at radius 2 is 0.931 bits per heavy atom. The molecule has 0 atom stereocenters. The topological polar surface area (TPSA) is 29.5 Å². The van der Waals surface area contributed by atoms with Gasteiger partial charge in [0, 0.05) is 60.0 Å². The van der Waals surface area contributed by atoms with E-state index >= 15 is 0 Å². The van der Waals surface area contributed by atoms with Gasteiger partial charge in [0.1, 0.15) is 22.3 Å². The first-order valence-electron chi connectivity index (χ1n) is 19.6. The van der Waals surface area contributed by atoms with Crippen molar-refractivity contribution in [1.29, 1.82) is 0 Å². The molecule has 3 heterocycles. The molecule has 0 N–H and O–H groups in total. The van der Waals surface area contributed by atoms with E-state index in [1.54, 1.807) is 0 Å². The summed E-state index contributed by atoms with van der Waals surface area (Å²) in [6.45, 7) is 0. The Bertz CT molecular complexity index is 3500. The fraction of sp³-hybridized carbons (Fsp3) is 0. The van der Waals surface area contributed by atoms with Crippen molar-refractivity contribution >= 4 is 92.4 Å². The van der Waals surface area contributed by atoms with Crippen molar-refractivity contribution in [2.75, 3.05) is 4.90 Å². The molecule has 0 radical (unpaired) electrons. The number of thiophene rings is 1. The molecular weight excluding hydrogens is 727 g/mol. The maximum Gasteiger partial charge on any atom is 0.143 e. The SMILES string of the molecule is c1ccc(-c2cccc3c2oc2ccc(-c4ccc(N(c5ccc6c(c5)oc5ccccc56)c5cccc6c5sc5c(-c7ccccc7)cccc56)cc4)cc23)cc1. The molecule has 4 heteroatoms. The number of nitrogens with zero attached hydrogens (tertiary/aromatic N) is 1. The smallest absolute Gasteiger partial charge is 0.143 e. The first kappa shape index (κ1) is 32.8. The zero-order chi connectivity index (χ0) is 38.2. The van der Waals surface area contributed by atoms with Crippen LogP contribution in [-0.2, 0) is 0 Å². The lowest BCUT2D eigenvalue weighted by Crippen LogP contribution is -2.10. The molecule has 0 bridgehead atoms. The number of hydrogen-bond acceptors (Lipinski definition) is 4. The molecule has 0 spiro atoms. The number of rotatable bonds is 6. The molecule has 0 aliphatic carbocycles. The van der Waals surface area contributed by atoms with E-state index in [2.05, 4.69) is 187 Å². The quantitative estimate of drug-likeness (QED) is 0.169. The summed E-state index contributed by atoms with van der Waals surface area (Å²) in [5, 5.41) is 6.98. The monoisotopic (exact) mass is 759 g/mol. The first-order valence-corrected chi connectivity index (χ1v) is 20.4. The minimum absolute atomic E-state index is 0.867. The standard InChI is InChI=1S/C54H33NO2S/c1-3-12-35(13-4-1)40-17-9-19-44-47-32-37(26-31-50(47)57-52(40)44)34-24-27-38(28-25-34)55(39-29-30-43-42-16-7-8-23-49(42)56-51(43)33-39)48-22-11-21-46-45-20-10-18-41(53(45)58-54(46)48)36-14-5-2-6-15-36/h1-33H. The molecule has 0 fully saturated rings. The summed E-state index contributed by atoms with van der Waals surface area (Å²) in [6, 6.07) is 71.3. The molecule has 9 aromatic carbocycles. The lowest BCUT2D eigenvalue weighted by Gasteiger charge is -2.26. The molecule has 0 saturated heterocycles. The van der Waals surface area contributed by atoms with Gasteiger partial charge < -0.3 is 13.7 Å². The summed E-state index contributed by atoms with van der Waals surface area (Å²) in [4.78, 5) is 2.38. The van der Waals surface area contributed by atoms with Gasteiger partial charge in [0.2, 0.25) is 0 Å². The molecule has 12 aromatic rings. The van der Waals surface area contributed by atoms with Gasteiger partial charge in [-0.1, -0.05) is 146 Å². The number of para-hydroxylation sites is 2. The summed E-state index contributed by atoms with van der Waals surface area (Å²) >= 11 is 1.86. The lowest BCUT2D eigenvalue weighted by atomic mass is 10.00. The van der Waals surface area contributed by atoms with E-state index in [1.807, 2.05) is 29.5 Å². The predicted octanol–water partition coefficient (Wildman–Crippen LogP) is 16.3. The van der Waals surface area contributed by atoms with Gasteiger partial charge in [-0.25, -0.2) is 0 Å². The molecule has 3 aromatic heterocycles. The van der Waals surface area contributed by atoms with Crippen LogP contribution in [0.2, 0.25) is 0 Å². The summed E-state index contributed by atoms with van der Waals surface area (Å²) in [5.41, 5.74) is 13.8. The second kappa shape index (κ2) is 13.1. The van der Waals surface area contributed by atoms with Gasteiger partial charge in [-0.05, 0) is 76.3 Å². The Balaban J connectivity index is 1.01. The van der Waals surface area contributed by atoms with Gasteiger partial charge in [-0.3, -0.25) is 0 Å². The van der Waals surface area contributed by atoms with Crippen LogP contribution in [0.4, 0.5) is 17.1 Å². The number of furan rings is 2. The lowest BCUT2D eigenvalue weighted by molar-refractivity contribution is 0.669. The minimum Gasteiger partial charge on any atom is -0.456 e. The third-order valence-corrected chi connectivity index (χ3v) is 12.8. The molecule has 0 aliphatic rings. The summed E-state index contributed by atoms with van der Waals surface area (Å²) < 4.78 is 15.5. The van der Waals surface area contributed by atoms with Crippen LogP contribution < -0.4 is 4.90 Å². The molecular formula is C54H33NO2S. The highest BCUT2D eigenvalue weighted by molar-refractivity contribution is 7.27. The Morgan fingerprint density at radius 3 is 1.74 bits per heavy atom. The van der Waals surface area contributed by atoms with E-state index in [9.17, 15) is 0 Å². The Hall–Kier alpha value is -7.40. The van der Waals surface area contributed by atoms with Gasteiger partial charge in [0.25, 0.3) is 0 Å². The fourth-order valence-electron chi connectivity index (χ4n) is 8.73. The van der Waals surface area contributed by atoms with Gasteiger partial charge in [-0.2, -0.15) is 0 Å². The average molecular weight is 760 g/mol. The van der Waals surface area contributed by atoms with Crippen molar-refractivity contribution in [3.8, 4) is 33.4 Å². The van der Waals surface area contributed by atoms with Crippen molar-refractivity contribution < 1.29 is 8.83 Å². The molecule has 58 heavy (non-hydrogen) atoms. The van der Waals surface area contributed by atoms with E-state index in [0.717, 1.165) is 83.2 Å². The Labute approximate surface area is 338 Å². The van der Waals surface area contributed by atoms with Gasteiger partial charge in [0.15, 0.2) is 0 Å². The second-order valence-electron chi connectivity index (χ2n) is 14.8. The predicted molar refractivity (Wildman–Crippen MR) is 245 cm³/mol. The van der Waals surface area contributed by atoms with Crippen LogP contribution in [-0.4, -0.2) is 0 Å². The fourth-order valence-corrected chi connectivity index (χ4v) is 10.1. The third-order valence-electron chi connectivity index (χ3n) is 11.5. The highest BCUT2D eigenvalue weighted by Gasteiger charge is 2.21. The number of hydrogen-bond donors (Lipinski definition) is 0. The van der Waals surface area contributed by atoms with Crippen LogP contribution in [0.5, 0.6) is 0 Å². The van der Waals surface area contributed by atoms with Gasteiger partial charge in [-0.15, -0.1) is 11.3 Å². The van der Waals surface area contributed by atoms with E-state index in [-0.39, 0.29) is 0 Å². The zero-order valence-corrected chi connectivity index (χ0v) is 32.0. The molecule has 0 unspecified atom stereocenters. The van der Waals surface area contributed by atoms with E-state index in [0.29, 0.717) is 0 Å². The summed E-state index contributed by atoms with van der Waals surface area (Å²) in [6.07, 6.45) is 0. The van der Waals surface area contributed by atoms with Crippen LogP contribution in [0, 0.1) is 0 Å². The van der Waals surface area contributed by atoms with Crippen molar-refractivity contribution in [2.24, 2.45) is 0 Å². The largest absolute Gasteiger partial charge is 0.456 e. The molecule has 3 nitrogen and oxygen atoms in total. The number of anilines is 3. The van der Waals surface area contributed by atoms with Crippen LogP contribution in [0.15, 0.2) is 209 Å². The summed E-state index contributed by atoms with van der Waals surface area (Å²) in [5.74, 6) is 0. The van der Waals surface area contributed by atoms with Crippen molar-refractivity contribution in [2.45, 2.75) is 0 Å². The maximum absolute atomic E-state index is 6.50. The normalized spacial score (nSPS) is 11.8. The van der Waals surface area contributed by atoms with Crippen LogP contribution in [0.3, 0.4) is 0 Å². The first-order chi connectivity index (χ1) is 28.7. The molecule has 0 aliphatic heterocycles. The third kappa shape index (κ3) is 5.19. The highest BCUT2D eigenvalue weighted by Crippen LogP contribution is 2.48. The molecule has 0 amide bonds. The van der Waals surface area contributed by atoms with E-state index in [1.165, 1.54) is 31.3 Å². The van der Waals surface area contributed by atoms with Gasteiger partial charge in [0.05, 0.1) is 10.4 Å². The second-order valence-corrected chi connectivity index (χ2v) is 15.8. The van der Waals surface area contributed by atoms with Crippen LogP contribution >= 0.6 is 11.3 Å². The molecule has 272 valence electrons. The Morgan fingerprint density at radius 1 is 0.328 bits per heavy atom.